The number of para-hydroxylation sites is 1. The molecule has 0 aliphatic heterocycles. The second kappa shape index (κ2) is 35.5. The Morgan fingerprint density at radius 2 is 0.899 bits per heavy atom. The number of carboxylic acid groups (broad SMARTS) is 2. The van der Waals surface area contributed by atoms with E-state index in [0.29, 0.717) is 22.4 Å². The summed E-state index contributed by atoms with van der Waals surface area (Å²) in [7, 11) is 0. The molecule has 0 spiro atoms. The number of benzene rings is 3. The molecule has 19 N–H and O–H groups in total. The SMILES string of the molecule is CSCC[C@H](NC(=O)[C@H](Cc1c[nH]c2ccccc12)NC(=O)[C@H](CC(C)C)NC(=O)[C@H](Cc1ccc(O)cc1)NC(=O)[C@H](CC(N)=O)NC(=O)[C@H](CCC(=O)O)NC(=O)[C@H](CC(C)C)NC(=O)[C@H](Cc1ccc(O)cc1)NC(=O)[C@@H](N)CCC(N)=O)C(=O)O. The minimum Gasteiger partial charge on any atom is -0.508 e. The molecule has 4 rings (SSSR count). The van der Waals surface area contributed by atoms with Gasteiger partial charge in [0.1, 0.15) is 59.8 Å². The van der Waals surface area contributed by atoms with E-state index >= 15 is 0 Å². The molecule has 0 aliphatic rings. The molecule has 4 aromatic rings. The fourth-order valence-corrected chi connectivity index (χ4v) is 9.81. The van der Waals surface area contributed by atoms with E-state index in [1.165, 1.54) is 60.3 Å². The number of aromatic nitrogens is 1. The van der Waals surface area contributed by atoms with Crippen LogP contribution in [0.25, 0.3) is 10.9 Å². The van der Waals surface area contributed by atoms with Gasteiger partial charge in [0, 0.05) is 49.2 Å². The highest BCUT2D eigenvalue weighted by atomic mass is 32.2. The molecule has 0 saturated heterocycles. The predicted octanol–water partition coefficient (Wildman–Crippen LogP) is -0.252. The molecular weight excluding hydrogens is 1180 g/mol. The smallest absolute Gasteiger partial charge is 0.326 e. The van der Waals surface area contributed by atoms with Crippen molar-refractivity contribution in [1.82, 2.24) is 47.5 Å². The summed E-state index contributed by atoms with van der Waals surface area (Å²) in [5, 5.41) is 60.7. The second-order valence-electron chi connectivity index (χ2n) is 22.4. The molecule has 10 amide bonds. The summed E-state index contributed by atoms with van der Waals surface area (Å²) < 4.78 is 0. The first-order valence-corrected chi connectivity index (χ1v) is 30.2. The lowest BCUT2D eigenvalue weighted by atomic mass is 9.99. The third-order valence-electron chi connectivity index (χ3n) is 14.0. The zero-order valence-corrected chi connectivity index (χ0v) is 51.0. The zero-order valence-electron chi connectivity index (χ0n) is 50.2. The van der Waals surface area contributed by atoms with Gasteiger partial charge in [0.05, 0.1) is 12.5 Å². The van der Waals surface area contributed by atoms with Crippen LogP contribution in [0, 0.1) is 11.8 Å². The van der Waals surface area contributed by atoms with Crippen LogP contribution in [0.15, 0.2) is 79.0 Å². The number of primary amides is 2. The lowest BCUT2D eigenvalue weighted by Gasteiger charge is -2.28. The molecule has 0 saturated carbocycles. The summed E-state index contributed by atoms with van der Waals surface area (Å²) in [6, 6.07) is 4.61. The minimum absolute atomic E-state index is 0.0405. The van der Waals surface area contributed by atoms with Gasteiger partial charge >= 0.3 is 11.9 Å². The molecule has 9 atom stereocenters. The first-order chi connectivity index (χ1) is 42.0. The van der Waals surface area contributed by atoms with Gasteiger partial charge in [-0.1, -0.05) is 70.2 Å². The van der Waals surface area contributed by atoms with Crippen molar-refractivity contribution in [1.29, 1.82) is 0 Å². The number of amides is 10. The molecule has 89 heavy (non-hydrogen) atoms. The number of nitrogens with one attached hydrogen (secondary N) is 9. The van der Waals surface area contributed by atoms with Crippen molar-refractivity contribution in [2.75, 3.05) is 12.0 Å². The number of hydrogen-bond acceptors (Lipinski definition) is 16. The number of phenols is 2. The normalized spacial score (nSPS) is 14.2. The number of carbonyl (C=O) groups excluding carboxylic acids is 10. The first kappa shape index (κ1) is 72.2. The van der Waals surface area contributed by atoms with E-state index in [2.05, 4.69) is 47.5 Å². The Labute approximate surface area is 518 Å². The summed E-state index contributed by atoms with van der Waals surface area (Å²) in [5.41, 5.74) is 18.9. The number of aromatic hydroxyl groups is 2. The third kappa shape index (κ3) is 24.8. The average Bonchev–Trinajstić information content (AvgIpc) is 2.66. The monoisotopic (exact) mass is 1260 g/mol. The highest BCUT2D eigenvalue weighted by Gasteiger charge is 2.37. The molecule has 1 aromatic heterocycles. The number of carbonyl (C=O) groups is 12. The first-order valence-electron chi connectivity index (χ1n) is 28.8. The number of H-pyrrole nitrogens is 1. The highest BCUT2D eigenvalue weighted by molar-refractivity contribution is 7.98. The van der Waals surface area contributed by atoms with Crippen molar-refractivity contribution >= 4 is 93.7 Å². The Hall–Kier alpha value is -9.25. The number of fused-ring (bicyclic) bond motifs is 1. The minimum atomic E-state index is -1.92. The van der Waals surface area contributed by atoms with Gasteiger partial charge in [-0.25, -0.2) is 4.79 Å². The topological polar surface area (TPSA) is 476 Å². The van der Waals surface area contributed by atoms with Crippen molar-refractivity contribution in [2.45, 2.75) is 153 Å². The van der Waals surface area contributed by atoms with Crippen LogP contribution in [0.4, 0.5) is 0 Å². The maximum Gasteiger partial charge on any atom is 0.326 e. The largest absolute Gasteiger partial charge is 0.508 e. The fourth-order valence-electron chi connectivity index (χ4n) is 9.34. The maximum atomic E-state index is 14.7. The van der Waals surface area contributed by atoms with Crippen LogP contribution in [0.1, 0.15) is 95.8 Å². The van der Waals surface area contributed by atoms with E-state index in [1.54, 1.807) is 64.4 Å². The van der Waals surface area contributed by atoms with Gasteiger partial charge in [-0.2, -0.15) is 11.8 Å². The van der Waals surface area contributed by atoms with Gasteiger partial charge in [-0.3, -0.25) is 52.7 Å². The third-order valence-corrected chi connectivity index (χ3v) is 14.7. The zero-order chi connectivity index (χ0) is 66.1. The van der Waals surface area contributed by atoms with Crippen LogP contribution in [0.5, 0.6) is 11.5 Å². The number of rotatable bonds is 38. The predicted molar refractivity (Wildman–Crippen MR) is 328 cm³/mol. The molecule has 0 radical (unpaired) electrons. The Morgan fingerprint density at radius 3 is 1.36 bits per heavy atom. The fraction of sp³-hybridized carbons (Fsp3) is 0.467. The van der Waals surface area contributed by atoms with Crippen molar-refractivity contribution in [2.24, 2.45) is 29.0 Å². The van der Waals surface area contributed by atoms with Crippen molar-refractivity contribution in [3.8, 4) is 11.5 Å². The van der Waals surface area contributed by atoms with Crippen LogP contribution in [0.2, 0.25) is 0 Å². The Kier molecular flexibility index (Phi) is 28.8. The van der Waals surface area contributed by atoms with Gasteiger partial charge in [0.25, 0.3) is 0 Å². The molecule has 1 heterocycles. The molecule has 28 nitrogen and oxygen atoms in total. The van der Waals surface area contributed by atoms with E-state index in [1.807, 2.05) is 0 Å². The van der Waals surface area contributed by atoms with Crippen molar-refractivity contribution in [3.63, 3.8) is 0 Å². The van der Waals surface area contributed by atoms with Crippen molar-refractivity contribution in [3.05, 3.63) is 95.7 Å². The van der Waals surface area contributed by atoms with E-state index in [-0.39, 0.29) is 74.7 Å². The summed E-state index contributed by atoms with van der Waals surface area (Å²) in [6.07, 6.45) is 0.0162. The molecule has 29 heteroatoms. The van der Waals surface area contributed by atoms with E-state index < -0.39 is 145 Å². The summed E-state index contributed by atoms with van der Waals surface area (Å²) in [5.74, 6) is -12.9. The van der Waals surface area contributed by atoms with Crippen LogP contribution < -0.4 is 59.7 Å². The lowest BCUT2D eigenvalue weighted by Crippen LogP contribution is -2.61. The molecule has 0 bridgehead atoms. The van der Waals surface area contributed by atoms with Gasteiger partial charge < -0.3 is 85.1 Å². The van der Waals surface area contributed by atoms with Crippen LogP contribution in [-0.2, 0) is 76.8 Å². The quantitative estimate of drug-likeness (QED) is 0.0275. The summed E-state index contributed by atoms with van der Waals surface area (Å²) in [6.45, 7) is 6.91. The number of aliphatic carboxylic acids is 2. The van der Waals surface area contributed by atoms with Gasteiger partial charge in [0.15, 0.2) is 0 Å². The molecule has 0 unspecified atom stereocenters. The number of thioether (sulfide) groups is 1. The Bertz CT molecular complexity index is 3120. The lowest BCUT2D eigenvalue weighted by molar-refractivity contribution is -0.142. The number of hydrogen-bond donors (Lipinski definition) is 16. The standard InChI is InChI=1S/C60H82N12O16S/c1-31(2)24-43(68-56(83)45(26-33-10-14-36(73)15-11-33)67-52(79)39(61)18-20-49(62)75)54(81)65-41(19-21-51(77)78)53(80)72-48(29-50(63)76)59(86)70-46(27-34-12-16-37(74)17-13-34)57(84)69-44(25-32(3)4)55(82)71-47(58(85)66-42(60(87)88)22-23-89-5)28-35-30-64-40-9-7-6-8-38(35)40/h6-17,30-32,39,41-48,64,73-74H,18-29,61H2,1-5H3,(H2,62,75)(H2,63,76)(H,65,81)(H,66,85)(H,67,79)(H,68,83)(H,69,84)(H,70,86)(H,71,82)(H,72,80)(H,77,78)(H,87,88)/t39-,41-,42-,43-,44-,45-,46-,47-,48-/m0/s1. The second-order valence-corrected chi connectivity index (χ2v) is 23.4. The molecule has 0 fully saturated rings. The highest BCUT2D eigenvalue weighted by Crippen LogP contribution is 2.21. The van der Waals surface area contributed by atoms with Crippen LogP contribution >= 0.6 is 11.8 Å². The molecule has 484 valence electrons. The maximum absolute atomic E-state index is 14.7. The molecule has 3 aromatic carbocycles. The van der Waals surface area contributed by atoms with Gasteiger partial charge in [-0.15, -0.1) is 0 Å². The summed E-state index contributed by atoms with van der Waals surface area (Å²) in [4.78, 5) is 165. The Balaban J connectivity index is 1.65. The van der Waals surface area contributed by atoms with E-state index in [4.69, 9.17) is 17.2 Å². The Morgan fingerprint density at radius 1 is 0.483 bits per heavy atom. The van der Waals surface area contributed by atoms with E-state index in [0.717, 1.165) is 10.9 Å². The van der Waals surface area contributed by atoms with Crippen LogP contribution in [-0.4, -0.2) is 163 Å². The number of phenolic OH excluding ortho intramolecular Hbond substituents is 2. The van der Waals surface area contributed by atoms with Gasteiger partial charge in [0.2, 0.25) is 59.1 Å². The summed E-state index contributed by atoms with van der Waals surface area (Å²) >= 11 is 1.37. The number of nitrogens with two attached hydrogens (primary N) is 3. The molecular formula is C60H82N12O16S. The van der Waals surface area contributed by atoms with Gasteiger partial charge in [-0.05, 0) is 103 Å². The number of carboxylic acids is 2. The molecule has 0 aliphatic carbocycles. The van der Waals surface area contributed by atoms with Crippen LogP contribution in [0.3, 0.4) is 0 Å². The number of aromatic amines is 1. The van der Waals surface area contributed by atoms with E-state index in [9.17, 15) is 78.0 Å². The average molecular weight is 1260 g/mol. The van der Waals surface area contributed by atoms with Crippen molar-refractivity contribution < 1.29 is 78.0 Å².